The largest absolute Gasteiger partial charge is 0.390 e. The van der Waals surface area contributed by atoms with Crippen molar-refractivity contribution in [3.63, 3.8) is 0 Å². The normalized spacial score (nSPS) is 27.6. The predicted octanol–water partition coefficient (Wildman–Crippen LogP) is 4.99. The smallest absolute Gasteiger partial charge is 0.142 e. The number of hydrogen-bond donors (Lipinski definition) is 1. The van der Waals surface area contributed by atoms with Crippen LogP contribution in [0.1, 0.15) is 51.5 Å². The van der Waals surface area contributed by atoms with E-state index in [4.69, 9.17) is 11.6 Å². The minimum atomic E-state index is -0.691. The average Bonchev–Trinajstić information content (AvgIpc) is 2.56. The number of hydrogen-bond acceptors (Lipinski definition) is 1. The lowest BCUT2D eigenvalue weighted by Crippen LogP contribution is -2.30. The van der Waals surface area contributed by atoms with Gasteiger partial charge in [0.2, 0.25) is 0 Å². The van der Waals surface area contributed by atoms with Gasteiger partial charge in [0.1, 0.15) is 5.82 Å². The Labute approximate surface area is 126 Å². The zero-order valence-corrected chi connectivity index (χ0v) is 13.1. The molecular formula is C17H24ClFO. The maximum absolute atomic E-state index is 13.5. The van der Waals surface area contributed by atoms with Gasteiger partial charge in [0, 0.05) is 6.42 Å². The monoisotopic (exact) mass is 298 g/mol. The van der Waals surface area contributed by atoms with Gasteiger partial charge in [0.25, 0.3) is 0 Å². The number of halogens is 2. The van der Waals surface area contributed by atoms with E-state index in [1.807, 2.05) is 6.07 Å². The highest BCUT2D eigenvalue weighted by molar-refractivity contribution is 6.30. The average molecular weight is 299 g/mol. The third-order valence-corrected chi connectivity index (χ3v) is 4.96. The van der Waals surface area contributed by atoms with Crippen molar-refractivity contribution in [3.8, 4) is 0 Å². The van der Waals surface area contributed by atoms with E-state index < -0.39 is 11.4 Å². The summed E-state index contributed by atoms with van der Waals surface area (Å²) in [5, 5.41) is 10.9. The fourth-order valence-electron chi connectivity index (χ4n) is 3.29. The molecule has 3 heteroatoms. The third-order valence-electron chi connectivity index (χ3n) is 4.66. The van der Waals surface area contributed by atoms with E-state index in [9.17, 15) is 9.50 Å². The molecule has 1 saturated carbocycles. The Morgan fingerprint density at radius 3 is 2.75 bits per heavy atom. The van der Waals surface area contributed by atoms with Gasteiger partial charge in [-0.1, -0.05) is 44.4 Å². The van der Waals surface area contributed by atoms with E-state index in [1.165, 1.54) is 12.5 Å². The molecular weight excluding hydrogens is 275 g/mol. The molecule has 1 aromatic carbocycles. The van der Waals surface area contributed by atoms with Gasteiger partial charge in [0.05, 0.1) is 10.6 Å². The minimum Gasteiger partial charge on any atom is -0.390 e. The Morgan fingerprint density at radius 1 is 1.35 bits per heavy atom. The highest BCUT2D eigenvalue weighted by Crippen LogP contribution is 2.36. The number of benzene rings is 1. The first-order chi connectivity index (χ1) is 9.39. The van der Waals surface area contributed by atoms with Gasteiger partial charge in [-0.25, -0.2) is 4.39 Å². The molecule has 1 N–H and O–H groups in total. The SMILES string of the molecule is CC(C)C1CCCC(O)(Cc2ccc(Cl)c(F)c2)CC1. The molecule has 0 saturated heterocycles. The molecule has 112 valence electrons. The van der Waals surface area contributed by atoms with Crippen LogP contribution in [0.2, 0.25) is 5.02 Å². The summed E-state index contributed by atoms with van der Waals surface area (Å²) < 4.78 is 13.5. The van der Waals surface area contributed by atoms with Crippen LogP contribution in [-0.2, 0) is 6.42 Å². The fraction of sp³-hybridized carbons (Fsp3) is 0.647. The molecule has 1 fully saturated rings. The number of aliphatic hydroxyl groups is 1. The first-order valence-electron chi connectivity index (χ1n) is 7.56. The van der Waals surface area contributed by atoms with Crippen molar-refractivity contribution in [2.45, 2.75) is 58.0 Å². The van der Waals surface area contributed by atoms with E-state index in [1.54, 1.807) is 6.07 Å². The van der Waals surface area contributed by atoms with Crippen molar-refractivity contribution in [3.05, 3.63) is 34.6 Å². The first-order valence-corrected chi connectivity index (χ1v) is 7.94. The molecule has 0 spiro atoms. The van der Waals surface area contributed by atoms with Gasteiger partial charge in [0.15, 0.2) is 0 Å². The van der Waals surface area contributed by atoms with Crippen molar-refractivity contribution < 1.29 is 9.50 Å². The second-order valence-corrected chi connectivity index (χ2v) is 6.99. The molecule has 2 unspecified atom stereocenters. The summed E-state index contributed by atoms with van der Waals surface area (Å²) in [6, 6.07) is 4.84. The van der Waals surface area contributed by atoms with Crippen molar-refractivity contribution in [1.29, 1.82) is 0 Å². The zero-order valence-electron chi connectivity index (χ0n) is 12.3. The standard InChI is InChI=1S/C17H24ClFO/c1-12(2)14-4-3-8-17(20,9-7-14)11-13-5-6-15(18)16(19)10-13/h5-6,10,12,14,20H,3-4,7-9,11H2,1-2H3. The van der Waals surface area contributed by atoms with E-state index in [0.717, 1.165) is 31.2 Å². The van der Waals surface area contributed by atoms with Crippen molar-refractivity contribution in [2.24, 2.45) is 11.8 Å². The van der Waals surface area contributed by atoms with Gasteiger partial charge >= 0.3 is 0 Å². The van der Waals surface area contributed by atoms with Gasteiger partial charge in [-0.3, -0.25) is 0 Å². The molecule has 0 aromatic heterocycles. The lowest BCUT2D eigenvalue weighted by Gasteiger charge is -2.27. The molecule has 0 heterocycles. The Hall–Kier alpha value is -0.600. The summed E-state index contributed by atoms with van der Waals surface area (Å²) in [4.78, 5) is 0. The maximum atomic E-state index is 13.5. The van der Waals surface area contributed by atoms with Crippen LogP contribution in [0.3, 0.4) is 0 Å². The second kappa shape index (κ2) is 6.44. The minimum absolute atomic E-state index is 0.140. The predicted molar refractivity (Wildman–Crippen MR) is 81.5 cm³/mol. The Bertz CT molecular complexity index is 460. The molecule has 1 aromatic rings. The first kappa shape index (κ1) is 15.8. The molecule has 2 rings (SSSR count). The lowest BCUT2D eigenvalue weighted by molar-refractivity contribution is 0.0236. The molecule has 1 nitrogen and oxygen atoms in total. The molecule has 0 amide bonds. The second-order valence-electron chi connectivity index (χ2n) is 6.58. The van der Waals surface area contributed by atoms with Gasteiger partial charge in [-0.2, -0.15) is 0 Å². The third kappa shape index (κ3) is 3.95. The lowest BCUT2D eigenvalue weighted by atomic mass is 9.85. The summed E-state index contributed by atoms with van der Waals surface area (Å²) >= 11 is 5.70. The van der Waals surface area contributed by atoms with Crippen LogP contribution >= 0.6 is 11.6 Å². The molecule has 1 aliphatic carbocycles. The van der Waals surface area contributed by atoms with E-state index in [0.29, 0.717) is 18.3 Å². The van der Waals surface area contributed by atoms with Crippen molar-refractivity contribution >= 4 is 11.6 Å². The Morgan fingerprint density at radius 2 is 2.10 bits per heavy atom. The summed E-state index contributed by atoms with van der Waals surface area (Å²) in [5.41, 5.74) is 0.140. The van der Waals surface area contributed by atoms with Gasteiger partial charge in [-0.15, -0.1) is 0 Å². The zero-order chi connectivity index (χ0) is 14.8. The van der Waals surface area contributed by atoms with Crippen LogP contribution in [0.5, 0.6) is 0 Å². The quantitative estimate of drug-likeness (QED) is 0.780. The van der Waals surface area contributed by atoms with Crippen molar-refractivity contribution in [2.75, 3.05) is 0 Å². The molecule has 1 aliphatic rings. The molecule has 0 bridgehead atoms. The topological polar surface area (TPSA) is 20.2 Å². The Kier molecular flexibility index (Phi) is 5.09. The molecule has 20 heavy (non-hydrogen) atoms. The van der Waals surface area contributed by atoms with E-state index in [-0.39, 0.29) is 5.02 Å². The molecule has 0 radical (unpaired) electrons. The maximum Gasteiger partial charge on any atom is 0.142 e. The number of rotatable bonds is 3. The van der Waals surface area contributed by atoms with Gasteiger partial charge < -0.3 is 5.11 Å². The summed E-state index contributed by atoms with van der Waals surface area (Å²) in [7, 11) is 0. The van der Waals surface area contributed by atoms with E-state index >= 15 is 0 Å². The van der Waals surface area contributed by atoms with Crippen LogP contribution in [0, 0.1) is 17.7 Å². The van der Waals surface area contributed by atoms with Gasteiger partial charge in [-0.05, 0) is 48.8 Å². The van der Waals surface area contributed by atoms with Crippen molar-refractivity contribution in [1.82, 2.24) is 0 Å². The van der Waals surface area contributed by atoms with Crippen LogP contribution < -0.4 is 0 Å². The summed E-state index contributed by atoms with van der Waals surface area (Å²) in [6.07, 6.45) is 5.43. The Balaban J connectivity index is 2.05. The highest BCUT2D eigenvalue weighted by atomic mass is 35.5. The molecule has 0 aliphatic heterocycles. The fourth-order valence-corrected chi connectivity index (χ4v) is 3.41. The highest BCUT2D eigenvalue weighted by Gasteiger charge is 2.31. The summed E-state index contributed by atoms with van der Waals surface area (Å²) in [6.45, 7) is 4.51. The van der Waals surface area contributed by atoms with Crippen LogP contribution in [0.4, 0.5) is 4.39 Å². The van der Waals surface area contributed by atoms with Crippen LogP contribution in [0.15, 0.2) is 18.2 Å². The van der Waals surface area contributed by atoms with E-state index in [2.05, 4.69) is 13.8 Å². The van der Waals surface area contributed by atoms with Crippen LogP contribution in [-0.4, -0.2) is 10.7 Å². The summed E-state index contributed by atoms with van der Waals surface area (Å²) in [5.74, 6) is 0.970. The van der Waals surface area contributed by atoms with Crippen LogP contribution in [0.25, 0.3) is 0 Å². The molecule has 2 atom stereocenters.